The van der Waals surface area contributed by atoms with Crippen LogP contribution in [0, 0.1) is 12.8 Å². The zero-order valence-corrected chi connectivity index (χ0v) is 11.5. The van der Waals surface area contributed by atoms with Gasteiger partial charge >= 0.3 is 0 Å². The summed E-state index contributed by atoms with van der Waals surface area (Å²) in [5, 5.41) is 2.51. The van der Waals surface area contributed by atoms with Crippen molar-refractivity contribution in [2.45, 2.75) is 27.2 Å². The number of nitrogens with zero attached hydrogens (tertiary/aromatic N) is 1. The van der Waals surface area contributed by atoms with Crippen LogP contribution in [0.15, 0.2) is 35.9 Å². The van der Waals surface area contributed by atoms with E-state index in [0.29, 0.717) is 5.92 Å². The smallest absolute Gasteiger partial charge is 0.0652 e. The van der Waals surface area contributed by atoms with Crippen molar-refractivity contribution >= 4 is 11.6 Å². The number of rotatable bonds is 3. The first-order chi connectivity index (χ1) is 8.65. The fourth-order valence-corrected chi connectivity index (χ4v) is 2.56. The highest BCUT2D eigenvalue weighted by molar-refractivity contribution is 5.62. The maximum absolute atomic E-state index is 4.65. The molecule has 0 bridgehead atoms. The largest absolute Gasteiger partial charge is 0.284 e. The molecule has 18 heavy (non-hydrogen) atoms. The van der Waals surface area contributed by atoms with Gasteiger partial charge in [0, 0.05) is 11.8 Å². The maximum atomic E-state index is 4.65. The molecule has 0 spiro atoms. The van der Waals surface area contributed by atoms with Crippen LogP contribution in [0.25, 0.3) is 11.6 Å². The first-order valence-electron chi connectivity index (χ1n) is 6.61. The molecule has 1 heteroatoms. The Balaban J connectivity index is 2.86. The van der Waals surface area contributed by atoms with E-state index in [1.165, 1.54) is 21.9 Å². The fraction of sp³-hybridized carbons (Fsp3) is 0.353. The third kappa shape index (κ3) is 2.31. The monoisotopic (exact) mass is 239 g/mol. The van der Waals surface area contributed by atoms with E-state index < -0.39 is 0 Å². The van der Waals surface area contributed by atoms with E-state index in [1.807, 2.05) is 12.2 Å². The molecule has 94 valence electrons. The van der Waals surface area contributed by atoms with Gasteiger partial charge in [0.05, 0.1) is 5.36 Å². The van der Waals surface area contributed by atoms with Gasteiger partial charge in [0.1, 0.15) is 0 Å². The van der Waals surface area contributed by atoms with E-state index >= 15 is 0 Å². The normalized spacial score (nSPS) is 14.8. The van der Waals surface area contributed by atoms with Crippen molar-refractivity contribution in [3.8, 4) is 0 Å². The van der Waals surface area contributed by atoms with Crippen molar-refractivity contribution in [3.63, 3.8) is 0 Å². The van der Waals surface area contributed by atoms with E-state index in [-0.39, 0.29) is 0 Å². The summed E-state index contributed by atoms with van der Waals surface area (Å²) < 4.78 is 0. The van der Waals surface area contributed by atoms with Gasteiger partial charge in [-0.1, -0.05) is 50.3 Å². The van der Waals surface area contributed by atoms with E-state index in [2.05, 4.69) is 50.6 Å². The molecular formula is C17H21N. The van der Waals surface area contributed by atoms with Gasteiger partial charge in [-0.3, -0.25) is 4.99 Å². The minimum absolute atomic E-state index is 0.580. The molecule has 1 aromatic rings. The molecule has 2 rings (SSSR count). The van der Waals surface area contributed by atoms with Gasteiger partial charge in [-0.2, -0.15) is 0 Å². The van der Waals surface area contributed by atoms with Crippen molar-refractivity contribution in [2.24, 2.45) is 10.9 Å². The average molecular weight is 239 g/mol. The van der Waals surface area contributed by atoms with E-state index in [1.54, 1.807) is 0 Å². The van der Waals surface area contributed by atoms with Crippen LogP contribution < -0.4 is 10.6 Å². The molecular weight excluding hydrogens is 218 g/mol. The molecule has 1 heterocycles. The van der Waals surface area contributed by atoms with Crippen LogP contribution in [0.2, 0.25) is 0 Å². The predicted molar refractivity (Wildman–Crippen MR) is 78.9 cm³/mol. The van der Waals surface area contributed by atoms with Crippen molar-refractivity contribution in [3.05, 3.63) is 52.6 Å². The summed E-state index contributed by atoms with van der Waals surface area (Å²) in [5.74, 6) is 0.580. The standard InChI is InChI=1S/C17H21N/c1-5-6-7-15-13(4)8-9-16-17(15)14(12(2)3)10-11-18-16/h5-9,12H,1,10-11H2,2-4H3/b7-6-. The maximum Gasteiger partial charge on any atom is 0.0652 e. The van der Waals surface area contributed by atoms with Crippen LogP contribution in [0.4, 0.5) is 0 Å². The van der Waals surface area contributed by atoms with Crippen LogP contribution in [-0.2, 0) is 0 Å². The SMILES string of the molecule is C=C/C=C\c1c(C)ccc2c1=C(C(C)C)CCN=2. The fourth-order valence-electron chi connectivity index (χ4n) is 2.56. The number of fused-ring (bicyclic) bond motifs is 1. The second-order valence-corrected chi connectivity index (χ2v) is 5.10. The average Bonchev–Trinajstić information content (AvgIpc) is 2.36. The lowest BCUT2D eigenvalue weighted by atomic mass is 9.91. The highest BCUT2D eigenvalue weighted by Crippen LogP contribution is 2.16. The quantitative estimate of drug-likeness (QED) is 0.719. The lowest BCUT2D eigenvalue weighted by Gasteiger charge is -2.17. The minimum atomic E-state index is 0.580. The van der Waals surface area contributed by atoms with Gasteiger partial charge in [-0.25, -0.2) is 0 Å². The molecule has 0 fully saturated rings. The van der Waals surface area contributed by atoms with Crippen LogP contribution in [0.5, 0.6) is 0 Å². The first-order valence-corrected chi connectivity index (χ1v) is 6.61. The Morgan fingerprint density at radius 3 is 2.78 bits per heavy atom. The zero-order chi connectivity index (χ0) is 13.1. The molecule has 0 aliphatic carbocycles. The van der Waals surface area contributed by atoms with Crippen LogP contribution in [-0.4, -0.2) is 6.54 Å². The molecule has 0 atom stereocenters. The Bertz CT molecular complexity index is 603. The highest BCUT2D eigenvalue weighted by atomic mass is 14.7. The van der Waals surface area contributed by atoms with E-state index in [4.69, 9.17) is 0 Å². The Hall–Kier alpha value is -1.63. The van der Waals surface area contributed by atoms with Crippen molar-refractivity contribution in [1.29, 1.82) is 0 Å². The summed E-state index contributed by atoms with van der Waals surface area (Å²) in [6.45, 7) is 11.4. The van der Waals surface area contributed by atoms with E-state index in [9.17, 15) is 0 Å². The molecule has 0 amide bonds. The second-order valence-electron chi connectivity index (χ2n) is 5.10. The number of allylic oxidation sites excluding steroid dienone is 2. The summed E-state index contributed by atoms with van der Waals surface area (Å²) in [6.07, 6.45) is 7.08. The van der Waals surface area contributed by atoms with Crippen LogP contribution in [0.1, 0.15) is 31.4 Å². The highest BCUT2D eigenvalue weighted by Gasteiger charge is 2.12. The van der Waals surface area contributed by atoms with Gasteiger partial charge in [-0.05, 0) is 36.5 Å². The molecule has 0 radical (unpaired) electrons. The topological polar surface area (TPSA) is 12.4 Å². The molecule has 1 aliphatic rings. The summed E-state index contributed by atoms with van der Waals surface area (Å²) in [5.41, 5.74) is 4.15. The number of hydrogen-bond acceptors (Lipinski definition) is 1. The van der Waals surface area contributed by atoms with Gasteiger partial charge in [0.25, 0.3) is 0 Å². The Kier molecular flexibility index (Phi) is 3.81. The molecule has 0 N–H and O–H groups in total. The minimum Gasteiger partial charge on any atom is -0.284 e. The van der Waals surface area contributed by atoms with Gasteiger partial charge in [0.15, 0.2) is 0 Å². The summed E-state index contributed by atoms with van der Waals surface area (Å²) in [6, 6.07) is 4.31. The lowest BCUT2D eigenvalue weighted by molar-refractivity contribution is 0.775. The molecule has 0 saturated carbocycles. The third-order valence-electron chi connectivity index (χ3n) is 3.52. The lowest BCUT2D eigenvalue weighted by Crippen LogP contribution is -2.35. The number of aryl methyl sites for hydroxylation is 1. The van der Waals surface area contributed by atoms with E-state index in [0.717, 1.165) is 18.3 Å². The summed E-state index contributed by atoms with van der Waals surface area (Å²) >= 11 is 0. The first kappa shape index (κ1) is 12.8. The van der Waals surface area contributed by atoms with Gasteiger partial charge in [-0.15, -0.1) is 0 Å². The zero-order valence-electron chi connectivity index (χ0n) is 11.5. The van der Waals surface area contributed by atoms with Crippen molar-refractivity contribution in [1.82, 2.24) is 0 Å². The van der Waals surface area contributed by atoms with Crippen LogP contribution in [0.3, 0.4) is 0 Å². The molecule has 1 aromatic carbocycles. The van der Waals surface area contributed by atoms with Gasteiger partial charge in [0.2, 0.25) is 0 Å². The third-order valence-corrected chi connectivity index (χ3v) is 3.52. The molecule has 0 aromatic heterocycles. The molecule has 1 nitrogen and oxygen atoms in total. The predicted octanol–water partition coefficient (Wildman–Crippen LogP) is 3.02. The molecule has 0 unspecified atom stereocenters. The van der Waals surface area contributed by atoms with Crippen molar-refractivity contribution in [2.75, 3.05) is 6.54 Å². The Labute approximate surface area is 109 Å². The number of hydrogen-bond donors (Lipinski definition) is 0. The summed E-state index contributed by atoms with van der Waals surface area (Å²) in [4.78, 5) is 4.65. The van der Waals surface area contributed by atoms with Crippen LogP contribution >= 0.6 is 0 Å². The van der Waals surface area contributed by atoms with Gasteiger partial charge < -0.3 is 0 Å². The Morgan fingerprint density at radius 1 is 1.33 bits per heavy atom. The number of benzene rings is 1. The van der Waals surface area contributed by atoms with Crippen molar-refractivity contribution < 1.29 is 0 Å². The second kappa shape index (κ2) is 5.34. The molecule has 1 aliphatic heterocycles. The Morgan fingerprint density at radius 2 is 2.11 bits per heavy atom. The summed E-state index contributed by atoms with van der Waals surface area (Å²) in [7, 11) is 0. The molecule has 0 saturated heterocycles.